The van der Waals surface area contributed by atoms with Crippen LogP contribution in [0.25, 0.3) is 16.6 Å². The molecule has 7 nitrogen and oxygen atoms in total. The van der Waals surface area contributed by atoms with Gasteiger partial charge in [-0.1, -0.05) is 11.6 Å². The van der Waals surface area contributed by atoms with Crippen LogP contribution in [0.4, 0.5) is 13.6 Å². The van der Waals surface area contributed by atoms with Gasteiger partial charge in [0.15, 0.2) is 11.9 Å². The van der Waals surface area contributed by atoms with Crippen molar-refractivity contribution in [2.45, 2.75) is 45.3 Å². The number of nitrogens with zero attached hydrogens (tertiary/aromatic N) is 3. The summed E-state index contributed by atoms with van der Waals surface area (Å²) in [6, 6.07) is 3.45. The molecule has 1 amide bonds. The lowest BCUT2D eigenvalue weighted by Gasteiger charge is -2.25. The lowest BCUT2D eigenvalue weighted by Crippen LogP contribution is -2.42. The van der Waals surface area contributed by atoms with E-state index in [9.17, 15) is 18.4 Å². The van der Waals surface area contributed by atoms with E-state index in [4.69, 9.17) is 16.3 Å². The van der Waals surface area contributed by atoms with E-state index < -0.39 is 34.9 Å². The Balaban J connectivity index is 1.96. The number of benzene rings is 1. The zero-order chi connectivity index (χ0) is 23.2. The molecule has 0 unspecified atom stereocenters. The van der Waals surface area contributed by atoms with E-state index in [-0.39, 0.29) is 33.4 Å². The summed E-state index contributed by atoms with van der Waals surface area (Å²) in [5.74, 6) is -1.58. The number of fused-ring (bicyclic) bond motifs is 1. The van der Waals surface area contributed by atoms with E-state index in [0.29, 0.717) is 0 Å². The number of rotatable bonds is 4. The zero-order valence-electron chi connectivity index (χ0n) is 17.7. The summed E-state index contributed by atoms with van der Waals surface area (Å²) in [4.78, 5) is 34.2. The van der Waals surface area contributed by atoms with Crippen molar-refractivity contribution < 1.29 is 18.3 Å². The highest BCUT2D eigenvalue weighted by Gasteiger charge is 2.39. The predicted octanol–water partition coefficient (Wildman–Crippen LogP) is 4.69. The summed E-state index contributed by atoms with van der Waals surface area (Å²) in [5.41, 5.74) is -1.46. The molecule has 0 saturated heterocycles. The summed E-state index contributed by atoms with van der Waals surface area (Å²) in [5, 5.41) is 2.54. The zero-order valence-corrected chi connectivity index (χ0v) is 18.4. The molecule has 2 heterocycles. The van der Waals surface area contributed by atoms with E-state index in [1.54, 1.807) is 20.8 Å². The van der Waals surface area contributed by atoms with E-state index in [1.165, 1.54) is 12.3 Å². The van der Waals surface area contributed by atoms with Crippen molar-refractivity contribution in [3.63, 3.8) is 0 Å². The number of hydrogen-bond donors (Lipinski definition) is 1. The molecule has 1 saturated carbocycles. The number of aromatic nitrogens is 3. The Kier molecular flexibility index (Phi) is 5.62. The first-order chi connectivity index (χ1) is 15.0. The minimum absolute atomic E-state index is 0.00192. The van der Waals surface area contributed by atoms with E-state index in [0.717, 1.165) is 35.7 Å². The van der Waals surface area contributed by atoms with Gasteiger partial charge in [-0.2, -0.15) is 0 Å². The van der Waals surface area contributed by atoms with Crippen LogP contribution in [0.5, 0.6) is 0 Å². The fourth-order valence-electron chi connectivity index (χ4n) is 3.41. The monoisotopic (exact) mass is 462 g/mol. The lowest BCUT2D eigenvalue weighted by atomic mass is 10.1. The van der Waals surface area contributed by atoms with Crippen LogP contribution < -0.4 is 10.9 Å². The Labute approximate surface area is 187 Å². The fourth-order valence-corrected chi connectivity index (χ4v) is 3.64. The van der Waals surface area contributed by atoms with Gasteiger partial charge in [-0.25, -0.2) is 18.6 Å². The van der Waals surface area contributed by atoms with Gasteiger partial charge in [0.1, 0.15) is 17.2 Å². The predicted molar refractivity (Wildman–Crippen MR) is 115 cm³/mol. The van der Waals surface area contributed by atoms with Crippen LogP contribution in [0.3, 0.4) is 0 Å². The van der Waals surface area contributed by atoms with Gasteiger partial charge < -0.3 is 10.1 Å². The maximum absolute atomic E-state index is 14.6. The third kappa shape index (κ3) is 4.43. The first-order valence-corrected chi connectivity index (χ1v) is 10.4. The van der Waals surface area contributed by atoms with Gasteiger partial charge >= 0.3 is 6.09 Å². The highest BCUT2D eigenvalue weighted by Crippen LogP contribution is 2.43. The summed E-state index contributed by atoms with van der Waals surface area (Å²) in [7, 11) is 0. The molecule has 3 aromatic rings. The quantitative estimate of drug-likeness (QED) is 0.608. The molecule has 1 fully saturated rings. The highest BCUT2D eigenvalue weighted by atomic mass is 35.5. The number of nitrogens with one attached hydrogen (secondary N) is 1. The van der Waals surface area contributed by atoms with Crippen LogP contribution in [0.1, 0.15) is 45.5 Å². The van der Waals surface area contributed by atoms with Crippen molar-refractivity contribution in [1.82, 2.24) is 19.9 Å². The van der Waals surface area contributed by atoms with E-state index in [1.807, 2.05) is 0 Å². The van der Waals surface area contributed by atoms with Crippen molar-refractivity contribution in [3.8, 4) is 5.69 Å². The lowest BCUT2D eigenvalue weighted by molar-refractivity contribution is 0.0729. The van der Waals surface area contributed by atoms with Crippen LogP contribution in [-0.4, -0.2) is 26.2 Å². The molecule has 0 aliphatic heterocycles. The second-order valence-corrected chi connectivity index (χ2v) is 9.17. The molecule has 0 bridgehead atoms. The summed E-state index contributed by atoms with van der Waals surface area (Å²) in [6.07, 6.45) is 2.03. The normalized spacial score (nSPS) is 14.9. The second kappa shape index (κ2) is 8.12. The third-order valence-corrected chi connectivity index (χ3v) is 5.23. The number of hydrogen-bond acceptors (Lipinski definition) is 5. The molecule has 32 heavy (non-hydrogen) atoms. The average molecular weight is 463 g/mol. The number of halogens is 3. The van der Waals surface area contributed by atoms with Crippen molar-refractivity contribution in [3.05, 3.63) is 63.4 Å². The van der Waals surface area contributed by atoms with E-state index in [2.05, 4.69) is 15.3 Å². The van der Waals surface area contributed by atoms with Crippen LogP contribution in [0.2, 0.25) is 5.02 Å². The summed E-state index contributed by atoms with van der Waals surface area (Å²) in [6.45, 7) is 5.38. The van der Waals surface area contributed by atoms with Gasteiger partial charge in [0.2, 0.25) is 0 Å². The van der Waals surface area contributed by atoms with Gasteiger partial charge in [0, 0.05) is 17.5 Å². The Bertz CT molecular complexity index is 1270. The fraction of sp³-hybridized carbons (Fsp3) is 0.364. The first kappa shape index (κ1) is 22.1. The molecule has 1 N–H and O–H groups in total. The molecule has 1 aliphatic rings. The highest BCUT2D eigenvalue weighted by molar-refractivity contribution is 6.35. The largest absolute Gasteiger partial charge is 0.438 e. The minimum Gasteiger partial charge on any atom is -0.438 e. The SMILES string of the molecule is CC(C)(C)NC(=O)O[C@H](c1nc2c(F)ccc(Cl)c2c(=O)n1-c1cncc(F)c1)C1CC1. The topological polar surface area (TPSA) is 86.1 Å². The number of carbonyl (C=O) groups is 1. The molecule has 1 aromatic carbocycles. The molecule has 4 rings (SSSR count). The van der Waals surface area contributed by atoms with Crippen molar-refractivity contribution in [2.24, 2.45) is 5.92 Å². The van der Waals surface area contributed by atoms with Gasteiger partial charge in [0.05, 0.1) is 28.5 Å². The number of pyridine rings is 1. The van der Waals surface area contributed by atoms with Crippen molar-refractivity contribution in [2.75, 3.05) is 0 Å². The van der Waals surface area contributed by atoms with Gasteiger partial charge in [0.25, 0.3) is 5.56 Å². The Morgan fingerprint density at radius 2 is 2.00 bits per heavy atom. The standard InChI is InChI=1S/C22H21ClF2N4O3/c1-22(2,3)28-21(31)32-18(11-4-5-11)19-27-17-15(25)7-6-14(23)16(17)20(30)29(19)13-8-12(24)9-26-10-13/h6-11,18H,4-5H2,1-3H3,(H,28,31)/t18-/m0/s1. The summed E-state index contributed by atoms with van der Waals surface area (Å²) >= 11 is 6.18. The number of ether oxygens (including phenoxy) is 1. The molecule has 2 aromatic heterocycles. The van der Waals surface area contributed by atoms with Gasteiger partial charge in [-0.15, -0.1) is 0 Å². The molecular formula is C22H21ClF2N4O3. The van der Waals surface area contributed by atoms with Gasteiger partial charge in [-0.05, 0) is 45.7 Å². The van der Waals surface area contributed by atoms with Crippen molar-refractivity contribution >= 4 is 28.6 Å². The van der Waals surface area contributed by atoms with Crippen molar-refractivity contribution in [1.29, 1.82) is 0 Å². The molecule has 1 atom stereocenters. The smallest absolute Gasteiger partial charge is 0.408 e. The summed E-state index contributed by atoms with van der Waals surface area (Å²) < 4.78 is 35.3. The van der Waals surface area contributed by atoms with Crippen LogP contribution >= 0.6 is 11.6 Å². The maximum Gasteiger partial charge on any atom is 0.408 e. The molecule has 0 spiro atoms. The Morgan fingerprint density at radius 1 is 1.28 bits per heavy atom. The third-order valence-electron chi connectivity index (χ3n) is 4.91. The maximum atomic E-state index is 14.6. The molecule has 168 valence electrons. The molecule has 1 aliphatic carbocycles. The average Bonchev–Trinajstić information content (AvgIpc) is 3.52. The van der Waals surface area contributed by atoms with Crippen LogP contribution in [-0.2, 0) is 4.74 Å². The molecule has 0 radical (unpaired) electrons. The molecule has 10 heteroatoms. The Morgan fingerprint density at radius 3 is 2.62 bits per heavy atom. The molecular weight excluding hydrogens is 442 g/mol. The minimum atomic E-state index is -0.962. The number of alkyl carbamates (subject to hydrolysis) is 1. The number of carbonyl (C=O) groups excluding carboxylic acids is 1. The second-order valence-electron chi connectivity index (χ2n) is 8.76. The first-order valence-electron chi connectivity index (χ1n) is 10.1. The van der Waals surface area contributed by atoms with Crippen LogP contribution in [0, 0.1) is 17.6 Å². The van der Waals surface area contributed by atoms with Crippen LogP contribution in [0.15, 0.2) is 35.4 Å². The van der Waals surface area contributed by atoms with E-state index >= 15 is 0 Å². The number of amides is 1. The van der Waals surface area contributed by atoms with Gasteiger partial charge in [-0.3, -0.25) is 14.3 Å². The Hall–Kier alpha value is -3.07.